The van der Waals surface area contributed by atoms with E-state index < -0.39 is 11.6 Å². The number of rotatable bonds is 4. The summed E-state index contributed by atoms with van der Waals surface area (Å²) in [6, 6.07) is 8.97. The van der Waals surface area contributed by atoms with Crippen LogP contribution < -0.4 is 10.6 Å². The quantitative estimate of drug-likeness (QED) is 0.850. The molecule has 1 amide bonds. The lowest BCUT2D eigenvalue weighted by molar-refractivity contribution is -0.118. The third kappa shape index (κ3) is 5.20. The SMILES string of the molecule is Cl.O=C(CN1CCNCC1c1cccc(F)c1)Nc1cc(F)cc(F)c1. The molecule has 140 valence electrons. The van der Waals surface area contributed by atoms with Gasteiger partial charge >= 0.3 is 0 Å². The van der Waals surface area contributed by atoms with Gasteiger partial charge < -0.3 is 10.6 Å². The van der Waals surface area contributed by atoms with E-state index >= 15 is 0 Å². The molecule has 1 fully saturated rings. The molecular weight excluding hydrogens is 367 g/mol. The van der Waals surface area contributed by atoms with E-state index in [4.69, 9.17) is 0 Å². The van der Waals surface area contributed by atoms with Crippen molar-refractivity contribution >= 4 is 24.0 Å². The van der Waals surface area contributed by atoms with Gasteiger partial charge in [-0.15, -0.1) is 12.4 Å². The number of hydrogen-bond donors (Lipinski definition) is 2. The summed E-state index contributed by atoms with van der Waals surface area (Å²) in [5.74, 6) is -2.22. The number of nitrogens with one attached hydrogen (secondary N) is 2. The molecule has 0 bridgehead atoms. The first kappa shape index (κ1) is 20.2. The third-order valence-electron chi connectivity index (χ3n) is 4.08. The van der Waals surface area contributed by atoms with Gasteiger partial charge in [0.1, 0.15) is 17.5 Å². The zero-order valence-electron chi connectivity index (χ0n) is 13.8. The van der Waals surface area contributed by atoms with E-state index in [1.165, 1.54) is 12.1 Å². The molecule has 26 heavy (non-hydrogen) atoms. The van der Waals surface area contributed by atoms with Gasteiger partial charge in [-0.05, 0) is 29.8 Å². The Labute approximate surface area is 155 Å². The molecule has 0 spiro atoms. The standard InChI is InChI=1S/C18H18F3N3O.ClH/c19-13-3-1-2-12(6-13)17-10-22-4-5-24(17)11-18(25)23-16-8-14(20)7-15(21)9-16;/h1-3,6-9,17,22H,4-5,10-11H2,(H,23,25);1H. The number of benzene rings is 2. The first-order valence-electron chi connectivity index (χ1n) is 7.97. The van der Waals surface area contributed by atoms with Crippen molar-refractivity contribution in [2.45, 2.75) is 6.04 Å². The van der Waals surface area contributed by atoms with Crippen LogP contribution in [0.3, 0.4) is 0 Å². The summed E-state index contributed by atoms with van der Waals surface area (Å²) in [5, 5.41) is 5.72. The fourth-order valence-electron chi connectivity index (χ4n) is 2.99. The van der Waals surface area contributed by atoms with Gasteiger partial charge in [-0.1, -0.05) is 12.1 Å². The Kier molecular flexibility index (Phi) is 7.02. The van der Waals surface area contributed by atoms with E-state index in [0.29, 0.717) is 19.6 Å². The molecule has 8 heteroatoms. The smallest absolute Gasteiger partial charge is 0.238 e. The van der Waals surface area contributed by atoms with Crippen LogP contribution in [0.5, 0.6) is 0 Å². The average molecular weight is 386 g/mol. The van der Waals surface area contributed by atoms with E-state index in [1.807, 2.05) is 11.0 Å². The van der Waals surface area contributed by atoms with Gasteiger partial charge in [-0.25, -0.2) is 13.2 Å². The summed E-state index contributed by atoms with van der Waals surface area (Å²) in [6.07, 6.45) is 0. The van der Waals surface area contributed by atoms with Crippen LogP contribution in [0.2, 0.25) is 0 Å². The van der Waals surface area contributed by atoms with Crippen LogP contribution in [0.4, 0.5) is 18.9 Å². The molecule has 4 nitrogen and oxygen atoms in total. The molecule has 1 atom stereocenters. The van der Waals surface area contributed by atoms with Gasteiger partial charge in [0.05, 0.1) is 6.54 Å². The molecule has 1 aliphatic heterocycles. The summed E-state index contributed by atoms with van der Waals surface area (Å²) < 4.78 is 39.9. The highest BCUT2D eigenvalue weighted by Crippen LogP contribution is 2.23. The second-order valence-electron chi connectivity index (χ2n) is 5.95. The van der Waals surface area contributed by atoms with Crippen LogP contribution in [-0.4, -0.2) is 37.0 Å². The number of piperazine rings is 1. The molecule has 3 rings (SSSR count). The minimum Gasteiger partial charge on any atom is -0.325 e. The maximum atomic E-state index is 13.5. The summed E-state index contributed by atoms with van der Waals surface area (Å²) in [5.41, 5.74) is 0.844. The van der Waals surface area contributed by atoms with Crippen LogP contribution in [0.25, 0.3) is 0 Å². The van der Waals surface area contributed by atoms with Crippen LogP contribution in [-0.2, 0) is 4.79 Å². The van der Waals surface area contributed by atoms with Crippen molar-refractivity contribution in [3.63, 3.8) is 0 Å². The Hall–Kier alpha value is -2.09. The largest absolute Gasteiger partial charge is 0.325 e. The minimum atomic E-state index is -0.755. The number of nitrogens with zero attached hydrogens (tertiary/aromatic N) is 1. The molecule has 0 radical (unpaired) electrons. The van der Waals surface area contributed by atoms with Gasteiger partial charge in [0.15, 0.2) is 0 Å². The molecule has 2 aromatic rings. The first-order chi connectivity index (χ1) is 12.0. The zero-order chi connectivity index (χ0) is 17.8. The topological polar surface area (TPSA) is 44.4 Å². The Morgan fingerprint density at radius 2 is 1.85 bits per heavy atom. The molecule has 0 aliphatic carbocycles. The Bertz CT molecular complexity index is 755. The number of halogens is 4. The third-order valence-corrected chi connectivity index (χ3v) is 4.08. The number of hydrogen-bond acceptors (Lipinski definition) is 3. The van der Waals surface area contributed by atoms with Gasteiger partial charge in [0.25, 0.3) is 0 Å². The average Bonchev–Trinajstić information content (AvgIpc) is 2.54. The molecule has 1 aliphatic rings. The lowest BCUT2D eigenvalue weighted by Crippen LogP contribution is -2.48. The van der Waals surface area contributed by atoms with E-state index in [1.54, 1.807) is 6.07 Å². The van der Waals surface area contributed by atoms with Crippen molar-refractivity contribution in [2.75, 3.05) is 31.5 Å². The van der Waals surface area contributed by atoms with E-state index in [9.17, 15) is 18.0 Å². The molecule has 1 unspecified atom stereocenters. The van der Waals surface area contributed by atoms with E-state index in [0.717, 1.165) is 23.8 Å². The van der Waals surface area contributed by atoms with Gasteiger partial charge in [0.2, 0.25) is 5.91 Å². The van der Waals surface area contributed by atoms with Gasteiger partial charge in [-0.3, -0.25) is 9.69 Å². The second kappa shape index (κ2) is 9.02. The van der Waals surface area contributed by atoms with Crippen molar-refractivity contribution < 1.29 is 18.0 Å². The maximum absolute atomic E-state index is 13.5. The van der Waals surface area contributed by atoms with Crippen LogP contribution in [0, 0.1) is 17.5 Å². The van der Waals surface area contributed by atoms with Crippen LogP contribution in [0.15, 0.2) is 42.5 Å². The van der Waals surface area contributed by atoms with Crippen molar-refractivity contribution in [3.8, 4) is 0 Å². The molecule has 2 aromatic carbocycles. The number of carbonyl (C=O) groups excluding carboxylic acids is 1. The highest BCUT2D eigenvalue weighted by molar-refractivity contribution is 5.92. The fraction of sp³-hybridized carbons (Fsp3) is 0.278. The number of carbonyl (C=O) groups is 1. The summed E-state index contributed by atoms with van der Waals surface area (Å²) in [4.78, 5) is 14.2. The summed E-state index contributed by atoms with van der Waals surface area (Å²) >= 11 is 0. The number of anilines is 1. The molecule has 1 saturated heterocycles. The lowest BCUT2D eigenvalue weighted by atomic mass is 10.0. The van der Waals surface area contributed by atoms with Crippen molar-refractivity contribution in [1.82, 2.24) is 10.2 Å². The first-order valence-corrected chi connectivity index (χ1v) is 7.97. The summed E-state index contributed by atoms with van der Waals surface area (Å²) in [6.45, 7) is 1.94. The normalized spacial score (nSPS) is 17.4. The monoisotopic (exact) mass is 385 g/mol. The van der Waals surface area contributed by atoms with Crippen LogP contribution >= 0.6 is 12.4 Å². The van der Waals surface area contributed by atoms with Crippen molar-refractivity contribution in [2.24, 2.45) is 0 Å². The Morgan fingerprint density at radius 1 is 1.12 bits per heavy atom. The second-order valence-corrected chi connectivity index (χ2v) is 5.95. The molecule has 0 saturated carbocycles. The van der Waals surface area contributed by atoms with Crippen LogP contribution in [0.1, 0.15) is 11.6 Å². The Morgan fingerprint density at radius 3 is 2.54 bits per heavy atom. The molecule has 0 aromatic heterocycles. The number of amides is 1. The van der Waals surface area contributed by atoms with Crippen molar-refractivity contribution in [3.05, 3.63) is 65.5 Å². The zero-order valence-corrected chi connectivity index (χ0v) is 14.7. The fourth-order valence-corrected chi connectivity index (χ4v) is 2.99. The minimum absolute atomic E-state index is 0. The molecule has 1 heterocycles. The Balaban J connectivity index is 0.00000243. The lowest BCUT2D eigenvalue weighted by Gasteiger charge is -2.36. The van der Waals surface area contributed by atoms with Crippen molar-refractivity contribution in [1.29, 1.82) is 0 Å². The predicted octanol–water partition coefficient (Wildman–Crippen LogP) is 3.11. The maximum Gasteiger partial charge on any atom is 0.238 e. The predicted molar refractivity (Wildman–Crippen MR) is 95.8 cm³/mol. The van der Waals surface area contributed by atoms with E-state index in [2.05, 4.69) is 10.6 Å². The van der Waals surface area contributed by atoms with E-state index in [-0.39, 0.29) is 42.4 Å². The van der Waals surface area contributed by atoms with Gasteiger partial charge in [-0.2, -0.15) is 0 Å². The van der Waals surface area contributed by atoms with Gasteiger partial charge in [0, 0.05) is 37.4 Å². The highest BCUT2D eigenvalue weighted by Gasteiger charge is 2.25. The molecular formula is C18H19ClF3N3O. The summed E-state index contributed by atoms with van der Waals surface area (Å²) in [7, 11) is 0. The molecule has 2 N–H and O–H groups in total. The highest BCUT2D eigenvalue weighted by atomic mass is 35.5.